The van der Waals surface area contributed by atoms with Crippen LogP contribution in [-0.2, 0) is 0 Å². The van der Waals surface area contributed by atoms with Crippen molar-refractivity contribution in [2.24, 2.45) is 10.7 Å². The van der Waals surface area contributed by atoms with Crippen molar-refractivity contribution in [1.29, 1.82) is 0 Å². The third kappa shape index (κ3) is 8.80. The highest BCUT2D eigenvalue weighted by Gasteiger charge is 2.24. The molecule has 0 aliphatic carbocycles. The molecule has 0 spiro atoms. The summed E-state index contributed by atoms with van der Waals surface area (Å²) in [5.41, 5.74) is 11.4. The molecule has 1 unspecified atom stereocenters. The fourth-order valence-electron chi connectivity index (χ4n) is 3.13. The van der Waals surface area contributed by atoms with Crippen molar-refractivity contribution in [3.63, 3.8) is 0 Å². The maximum Gasteiger partial charge on any atom is 0.0828 e. The first-order valence-corrected chi connectivity index (χ1v) is 11.5. The molecule has 1 atom stereocenters. The molecule has 0 radical (unpaired) electrons. The van der Waals surface area contributed by atoms with Crippen molar-refractivity contribution in [3.8, 4) is 0 Å². The number of nitrogens with zero attached hydrogens (tertiary/aromatic N) is 3. The standard InChI is InChI=1S/C27H39ClN4/c1-8-11-12-26(29)25(19-30-17-9-2)27(22-13-15-23(28)16-14-22)32(7)24(20-31(5)6)18-21(4)10-3/h10-16,18-20,27H,3,8-9,17,29H2,1-2,4-7H3/b12-11-,21-18-,24-20+,26-25?,30-19?. The number of rotatable bonds is 12. The van der Waals surface area contributed by atoms with Crippen molar-refractivity contribution in [2.75, 3.05) is 27.7 Å². The van der Waals surface area contributed by atoms with Crippen LogP contribution in [0.1, 0.15) is 45.2 Å². The van der Waals surface area contributed by atoms with Gasteiger partial charge in [-0.1, -0.05) is 56.3 Å². The van der Waals surface area contributed by atoms with Crippen LogP contribution in [0.4, 0.5) is 0 Å². The van der Waals surface area contributed by atoms with Crippen LogP contribution < -0.4 is 5.73 Å². The first-order valence-electron chi connectivity index (χ1n) is 11.1. The van der Waals surface area contributed by atoms with Crippen molar-refractivity contribution >= 4 is 17.8 Å². The number of likely N-dealkylation sites (N-methyl/N-ethyl adjacent to an activating group) is 1. The molecule has 174 valence electrons. The van der Waals surface area contributed by atoms with E-state index in [0.29, 0.717) is 10.7 Å². The number of halogens is 1. The zero-order valence-electron chi connectivity index (χ0n) is 20.5. The van der Waals surface area contributed by atoms with E-state index < -0.39 is 0 Å². The quantitative estimate of drug-likeness (QED) is 0.289. The van der Waals surface area contributed by atoms with E-state index in [1.165, 1.54) is 0 Å². The molecule has 0 saturated carbocycles. The SMILES string of the molecule is C=C/C(C)=C\C(=C/N(C)C)N(C)C(C(C=NCCC)=C(N)/C=C\CC)c1ccc(Cl)cc1. The Hall–Kier alpha value is -2.72. The number of benzene rings is 1. The molecule has 1 aromatic carbocycles. The number of nitrogens with two attached hydrogens (primary N) is 1. The Morgan fingerprint density at radius 1 is 1.19 bits per heavy atom. The van der Waals surface area contributed by atoms with Crippen molar-refractivity contribution < 1.29 is 0 Å². The van der Waals surface area contributed by atoms with Gasteiger partial charge in [-0.25, -0.2) is 0 Å². The topological polar surface area (TPSA) is 44.9 Å². The van der Waals surface area contributed by atoms with Gasteiger partial charge in [-0.05, 0) is 55.2 Å². The molecule has 32 heavy (non-hydrogen) atoms. The predicted octanol–water partition coefficient (Wildman–Crippen LogP) is 6.51. The summed E-state index contributed by atoms with van der Waals surface area (Å²) in [5, 5.41) is 0.700. The van der Waals surface area contributed by atoms with Gasteiger partial charge < -0.3 is 15.5 Å². The smallest absolute Gasteiger partial charge is 0.0828 e. The van der Waals surface area contributed by atoms with E-state index in [-0.39, 0.29) is 6.04 Å². The molecule has 0 aliphatic heterocycles. The predicted molar refractivity (Wildman–Crippen MR) is 142 cm³/mol. The lowest BCUT2D eigenvalue weighted by Gasteiger charge is -2.33. The van der Waals surface area contributed by atoms with E-state index >= 15 is 0 Å². The fraction of sp³-hybridized carbons (Fsp3) is 0.370. The van der Waals surface area contributed by atoms with E-state index in [9.17, 15) is 0 Å². The van der Waals surface area contributed by atoms with Gasteiger partial charge >= 0.3 is 0 Å². The summed E-state index contributed by atoms with van der Waals surface area (Å²) in [4.78, 5) is 8.90. The number of aliphatic imine (C=N–C) groups is 1. The molecule has 5 heteroatoms. The van der Waals surface area contributed by atoms with Gasteiger partial charge in [0.15, 0.2) is 0 Å². The van der Waals surface area contributed by atoms with E-state index in [0.717, 1.165) is 41.8 Å². The molecule has 0 aromatic heterocycles. The van der Waals surface area contributed by atoms with Gasteiger partial charge in [0.05, 0.1) is 11.7 Å². The van der Waals surface area contributed by atoms with Crippen LogP contribution in [0.15, 0.2) is 88.9 Å². The number of hydrogen-bond donors (Lipinski definition) is 1. The Kier molecular flexibility index (Phi) is 12.3. The molecule has 0 bridgehead atoms. The Bertz CT molecular complexity index is 873. The van der Waals surface area contributed by atoms with Gasteiger partial charge in [-0.15, -0.1) is 0 Å². The number of allylic oxidation sites excluding steroid dienone is 5. The molecule has 4 nitrogen and oxygen atoms in total. The van der Waals surface area contributed by atoms with Crippen molar-refractivity contribution in [2.45, 2.75) is 39.7 Å². The zero-order chi connectivity index (χ0) is 24.1. The van der Waals surface area contributed by atoms with Crippen molar-refractivity contribution in [3.05, 3.63) is 94.5 Å². The average molecular weight is 455 g/mol. The minimum Gasteiger partial charge on any atom is -0.398 e. The Morgan fingerprint density at radius 2 is 1.84 bits per heavy atom. The third-order valence-corrected chi connectivity index (χ3v) is 5.06. The lowest BCUT2D eigenvalue weighted by atomic mass is 9.95. The van der Waals surface area contributed by atoms with Gasteiger partial charge in [0.1, 0.15) is 0 Å². The molecule has 0 heterocycles. The second-order valence-corrected chi connectivity index (χ2v) is 8.37. The van der Waals surface area contributed by atoms with Crippen LogP contribution in [-0.4, -0.2) is 43.7 Å². The van der Waals surface area contributed by atoms with Crippen LogP contribution in [0.25, 0.3) is 0 Å². The highest BCUT2D eigenvalue weighted by molar-refractivity contribution is 6.30. The fourth-order valence-corrected chi connectivity index (χ4v) is 3.25. The zero-order valence-corrected chi connectivity index (χ0v) is 21.2. The molecule has 2 N–H and O–H groups in total. The summed E-state index contributed by atoms with van der Waals surface area (Å²) >= 11 is 6.20. The molecule has 1 rings (SSSR count). The maximum absolute atomic E-state index is 6.61. The largest absolute Gasteiger partial charge is 0.398 e. The second-order valence-electron chi connectivity index (χ2n) is 7.93. The Balaban J connectivity index is 3.79. The lowest BCUT2D eigenvalue weighted by Crippen LogP contribution is -2.28. The van der Waals surface area contributed by atoms with Crippen LogP contribution in [0.5, 0.6) is 0 Å². The minimum absolute atomic E-state index is 0.158. The summed E-state index contributed by atoms with van der Waals surface area (Å²) in [5.74, 6) is 0. The Morgan fingerprint density at radius 3 is 2.38 bits per heavy atom. The second kappa shape index (κ2) is 14.4. The van der Waals surface area contributed by atoms with E-state index in [1.807, 2.05) is 68.6 Å². The van der Waals surface area contributed by atoms with Gasteiger partial charge in [-0.2, -0.15) is 0 Å². The molecule has 0 saturated heterocycles. The van der Waals surface area contributed by atoms with E-state index in [4.69, 9.17) is 17.3 Å². The summed E-state index contributed by atoms with van der Waals surface area (Å²) in [6, 6.07) is 7.76. The summed E-state index contributed by atoms with van der Waals surface area (Å²) in [6.07, 6.45) is 13.9. The molecule has 0 aliphatic rings. The summed E-state index contributed by atoms with van der Waals surface area (Å²) in [6.45, 7) is 10.9. The van der Waals surface area contributed by atoms with Crippen molar-refractivity contribution in [1.82, 2.24) is 9.80 Å². The Labute approximate surface area is 200 Å². The highest BCUT2D eigenvalue weighted by Crippen LogP contribution is 2.32. The van der Waals surface area contributed by atoms with Crippen LogP contribution >= 0.6 is 11.6 Å². The normalized spacial score (nSPS) is 14.6. The molecule has 0 fully saturated rings. The number of hydrogen-bond acceptors (Lipinski definition) is 4. The maximum atomic E-state index is 6.61. The summed E-state index contributed by atoms with van der Waals surface area (Å²) in [7, 11) is 6.10. The van der Waals surface area contributed by atoms with Crippen LogP contribution in [0, 0.1) is 0 Å². The monoisotopic (exact) mass is 454 g/mol. The molecular formula is C27H39ClN4. The van der Waals surface area contributed by atoms with Crippen LogP contribution in [0.2, 0.25) is 5.02 Å². The van der Waals surface area contributed by atoms with Gasteiger partial charge in [-0.3, -0.25) is 4.99 Å². The average Bonchev–Trinajstić information content (AvgIpc) is 2.76. The van der Waals surface area contributed by atoms with Gasteiger partial charge in [0.2, 0.25) is 0 Å². The van der Waals surface area contributed by atoms with Crippen LogP contribution in [0.3, 0.4) is 0 Å². The van der Waals surface area contributed by atoms with E-state index in [2.05, 4.69) is 55.7 Å². The first kappa shape index (κ1) is 27.3. The first-order chi connectivity index (χ1) is 15.2. The molecular weight excluding hydrogens is 416 g/mol. The molecule has 0 amide bonds. The highest BCUT2D eigenvalue weighted by atomic mass is 35.5. The van der Waals surface area contributed by atoms with Gasteiger partial charge in [0, 0.05) is 56.4 Å². The summed E-state index contributed by atoms with van der Waals surface area (Å²) < 4.78 is 0. The third-order valence-electron chi connectivity index (χ3n) is 4.81. The van der Waals surface area contributed by atoms with E-state index in [1.54, 1.807) is 0 Å². The minimum atomic E-state index is -0.158. The van der Waals surface area contributed by atoms with Gasteiger partial charge in [0.25, 0.3) is 0 Å². The molecule has 1 aromatic rings. The lowest BCUT2D eigenvalue weighted by molar-refractivity contribution is 0.353.